The van der Waals surface area contributed by atoms with Crippen molar-refractivity contribution in [1.29, 1.82) is 0 Å². The van der Waals surface area contributed by atoms with E-state index in [1.807, 2.05) is 31.2 Å². The first-order valence-electron chi connectivity index (χ1n) is 9.68. The molecule has 1 aromatic heterocycles. The number of hydrogen-bond acceptors (Lipinski definition) is 6. The van der Waals surface area contributed by atoms with Crippen LogP contribution in [0.4, 0.5) is 10.7 Å². The average Bonchev–Trinajstić information content (AvgIpc) is 3.04. The van der Waals surface area contributed by atoms with Gasteiger partial charge in [-0.05, 0) is 62.8 Å². The normalized spacial score (nSPS) is 14.2. The summed E-state index contributed by atoms with van der Waals surface area (Å²) >= 11 is 3.01. The number of aryl methyl sites for hydroxylation is 1. The van der Waals surface area contributed by atoms with Gasteiger partial charge in [0.15, 0.2) is 0 Å². The van der Waals surface area contributed by atoms with Crippen LogP contribution in [-0.2, 0) is 22.4 Å². The molecule has 1 aliphatic carbocycles. The minimum atomic E-state index is -0.339. The number of nitrogens with one attached hydrogen (secondary N) is 1. The van der Waals surface area contributed by atoms with E-state index in [1.165, 1.54) is 28.0 Å². The van der Waals surface area contributed by atoms with E-state index in [0.717, 1.165) is 36.1 Å². The Morgan fingerprint density at radius 3 is 2.79 bits per heavy atom. The van der Waals surface area contributed by atoms with Crippen molar-refractivity contribution in [3.05, 3.63) is 40.3 Å². The molecule has 7 heteroatoms. The summed E-state index contributed by atoms with van der Waals surface area (Å²) in [4.78, 5) is 27.7. The fraction of sp³-hybridized carbons (Fsp3) is 0.429. The summed E-state index contributed by atoms with van der Waals surface area (Å²) in [6.45, 7) is 4.10. The van der Waals surface area contributed by atoms with Gasteiger partial charge in [0.25, 0.3) is 0 Å². The molecule has 0 saturated carbocycles. The minimum absolute atomic E-state index is 0.0981. The molecule has 0 spiro atoms. The largest absolute Gasteiger partial charge is 0.462 e. The summed E-state index contributed by atoms with van der Waals surface area (Å²) in [6, 6.07) is 7.53. The quantitative estimate of drug-likeness (QED) is 0.380. The molecule has 1 aromatic carbocycles. The number of esters is 1. The Bertz CT molecular complexity index is 863. The van der Waals surface area contributed by atoms with Gasteiger partial charge in [-0.2, -0.15) is 0 Å². The highest BCUT2D eigenvalue weighted by Gasteiger charge is 2.28. The molecule has 0 fully saturated rings. The summed E-state index contributed by atoms with van der Waals surface area (Å²) in [6.07, 6.45) is 4.67. The maximum Gasteiger partial charge on any atom is 0.341 e. The van der Waals surface area contributed by atoms with Crippen molar-refractivity contribution in [2.75, 3.05) is 17.7 Å². The predicted octanol–water partition coefficient (Wildman–Crippen LogP) is 4.90. The lowest BCUT2D eigenvalue weighted by Gasteiger charge is -2.15. The van der Waals surface area contributed by atoms with Crippen LogP contribution in [0.1, 0.15) is 53.9 Å². The number of thioether (sulfide) groups is 1. The maximum atomic E-state index is 13.0. The third-order valence-electron chi connectivity index (χ3n) is 4.69. The van der Waals surface area contributed by atoms with E-state index in [-0.39, 0.29) is 17.1 Å². The van der Waals surface area contributed by atoms with Crippen LogP contribution >= 0.6 is 23.1 Å². The van der Waals surface area contributed by atoms with Gasteiger partial charge in [-0.15, -0.1) is 23.1 Å². The molecule has 5 nitrogen and oxygen atoms in total. The number of amides is 1. The van der Waals surface area contributed by atoms with Crippen LogP contribution in [0.2, 0.25) is 0 Å². The lowest BCUT2D eigenvalue weighted by Crippen LogP contribution is -2.25. The number of hydrogen-bond donors (Lipinski definition) is 2. The molecule has 1 atom stereocenters. The summed E-state index contributed by atoms with van der Waals surface area (Å²) in [5.74, 6) is -0.437. The number of ether oxygens (including phenoxy) is 1. The van der Waals surface area contributed by atoms with E-state index >= 15 is 0 Å². The van der Waals surface area contributed by atoms with Gasteiger partial charge in [0.05, 0.1) is 17.4 Å². The summed E-state index contributed by atoms with van der Waals surface area (Å²) in [5, 5.41) is 3.38. The molecule has 0 aliphatic heterocycles. The third kappa shape index (κ3) is 4.70. The topological polar surface area (TPSA) is 81.4 Å². The van der Waals surface area contributed by atoms with E-state index in [4.69, 9.17) is 10.5 Å². The van der Waals surface area contributed by atoms with Crippen LogP contribution in [0.25, 0.3) is 0 Å². The molecule has 1 unspecified atom stereocenters. The van der Waals surface area contributed by atoms with Gasteiger partial charge in [0.2, 0.25) is 5.91 Å². The number of benzene rings is 1. The van der Waals surface area contributed by atoms with Gasteiger partial charge in [-0.3, -0.25) is 4.79 Å². The Balaban J connectivity index is 1.82. The van der Waals surface area contributed by atoms with E-state index < -0.39 is 0 Å². The first-order chi connectivity index (χ1) is 13.5. The Labute approximate surface area is 174 Å². The van der Waals surface area contributed by atoms with E-state index in [1.54, 1.807) is 6.92 Å². The minimum Gasteiger partial charge on any atom is -0.462 e. The maximum absolute atomic E-state index is 13.0. The second-order valence-electron chi connectivity index (χ2n) is 6.71. The van der Waals surface area contributed by atoms with Crippen molar-refractivity contribution in [2.45, 2.75) is 56.1 Å². The zero-order chi connectivity index (χ0) is 20.1. The average molecular weight is 419 g/mol. The van der Waals surface area contributed by atoms with Crippen molar-refractivity contribution < 1.29 is 14.3 Å². The second kappa shape index (κ2) is 9.47. The van der Waals surface area contributed by atoms with Crippen molar-refractivity contribution in [2.24, 2.45) is 0 Å². The lowest BCUT2D eigenvalue weighted by molar-refractivity contribution is -0.115. The Morgan fingerprint density at radius 2 is 2.07 bits per heavy atom. The number of nitrogens with two attached hydrogens (primary N) is 1. The van der Waals surface area contributed by atoms with Gasteiger partial charge < -0.3 is 15.8 Å². The molecule has 0 radical (unpaired) electrons. The standard InChI is InChI=1S/C21H26N2O3S2/c1-3-16(27-14-9-7-8-13(22)12-14)19(24)23-20-18(21(25)26-4-2)15-10-5-6-11-17(15)28-20/h7-9,12,16H,3-6,10-11,22H2,1-2H3,(H,23,24). The van der Waals surface area contributed by atoms with Crippen molar-refractivity contribution in [3.8, 4) is 0 Å². The van der Waals surface area contributed by atoms with Crippen LogP contribution in [0.15, 0.2) is 29.2 Å². The predicted molar refractivity (Wildman–Crippen MR) is 116 cm³/mol. The first-order valence-corrected chi connectivity index (χ1v) is 11.4. The van der Waals surface area contributed by atoms with E-state index in [2.05, 4.69) is 5.32 Å². The molecule has 3 N–H and O–H groups in total. The number of thiophene rings is 1. The zero-order valence-corrected chi connectivity index (χ0v) is 17.9. The van der Waals surface area contributed by atoms with Crippen molar-refractivity contribution >= 4 is 45.7 Å². The monoisotopic (exact) mass is 418 g/mol. The molecule has 2 aromatic rings. The smallest absolute Gasteiger partial charge is 0.341 e. The number of fused-ring (bicyclic) bond motifs is 1. The first kappa shape index (κ1) is 20.7. The Kier molecular flexibility index (Phi) is 7.02. The molecule has 1 amide bonds. The molecule has 1 aliphatic rings. The summed E-state index contributed by atoms with van der Waals surface area (Å²) in [7, 11) is 0. The Hall–Kier alpha value is -1.99. The van der Waals surface area contributed by atoms with Gasteiger partial charge >= 0.3 is 5.97 Å². The van der Waals surface area contributed by atoms with Crippen LogP contribution < -0.4 is 11.1 Å². The molecule has 3 rings (SSSR count). The van der Waals surface area contributed by atoms with E-state index in [0.29, 0.717) is 29.3 Å². The van der Waals surface area contributed by atoms with Gasteiger partial charge in [0, 0.05) is 15.5 Å². The van der Waals surface area contributed by atoms with Gasteiger partial charge in [-0.1, -0.05) is 13.0 Å². The number of carbonyl (C=O) groups is 2. The number of carbonyl (C=O) groups excluding carboxylic acids is 2. The van der Waals surface area contributed by atoms with E-state index in [9.17, 15) is 9.59 Å². The molecular weight excluding hydrogens is 392 g/mol. The van der Waals surface area contributed by atoms with Crippen LogP contribution in [0, 0.1) is 0 Å². The fourth-order valence-corrected chi connectivity index (χ4v) is 5.64. The summed E-state index contributed by atoms with van der Waals surface area (Å²) in [5.41, 5.74) is 8.14. The highest BCUT2D eigenvalue weighted by molar-refractivity contribution is 8.00. The highest BCUT2D eigenvalue weighted by atomic mass is 32.2. The zero-order valence-electron chi connectivity index (χ0n) is 16.2. The second-order valence-corrected chi connectivity index (χ2v) is 9.09. The molecule has 0 saturated heterocycles. The summed E-state index contributed by atoms with van der Waals surface area (Å²) < 4.78 is 5.27. The molecule has 28 heavy (non-hydrogen) atoms. The highest BCUT2D eigenvalue weighted by Crippen LogP contribution is 2.39. The van der Waals surface area contributed by atoms with Gasteiger partial charge in [-0.25, -0.2) is 4.79 Å². The lowest BCUT2D eigenvalue weighted by atomic mass is 9.95. The molecule has 0 bridgehead atoms. The van der Waals surface area contributed by atoms with Crippen molar-refractivity contribution in [1.82, 2.24) is 0 Å². The third-order valence-corrected chi connectivity index (χ3v) is 7.25. The number of anilines is 2. The number of rotatable bonds is 7. The Morgan fingerprint density at radius 1 is 1.29 bits per heavy atom. The fourth-order valence-electron chi connectivity index (χ4n) is 3.34. The SMILES string of the molecule is CCOC(=O)c1c(NC(=O)C(CC)Sc2cccc(N)c2)sc2c1CCCC2. The number of nitrogen functional groups attached to an aromatic ring is 1. The van der Waals surface area contributed by atoms with Crippen molar-refractivity contribution in [3.63, 3.8) is 0 Å². The van der Waals surface area contributed by atoms with Crippen LogP contribution in [-0.4, -0.2) is 23.7 Å². The van der Waals surface area contributed by atoms with Crippen LogP contribution in [0.5, 0.6) is 0 Å². The molecular formula is C21H26N2O3S2. The van der Waals surface area contributed by atoms with Gasteiger partial charge in [0.1, 0.15) is 5.00 Å². The molecule has 150 valence electrons. The van der Waals surface area contributed by atoms with Crippen LogP contribution in [0.3, 0.4) is 0 Å². The molecule has 1 heterocycles.